The third-order valence-corrected chi connectivity index (χ3v) is 4.83. The number of phenols is 1. The number of benzene rings is 2. The molecule has 29 heavy (non-hydrogen) atoms. The van der Waals surface area contributed by atoms with Gasteiger partial charge >= 0.3 is 6.03 Å². The van der Waals surface area contributed by atoms with Gasteiger partial charge in [0.15, 0.2) is 17.3 Å². The fraction of sp³-hybridized carbons (Fsp3) is 0.333. The smallest absolute Gasteiger partial charge is 0.317 e. The monoisotopic (exact) mass is 404 g/mol. The van der Waals surface area contributed by atoms with Crippen molar-refractivity contribution >= 4 is 11.8 Å². The first kappa shape index (κ1) is 20.6. The number of ether oxygens (including phenoxy) is 1. The number of hydrogen-bond acceptors (Lipinski definition) is 4. The third-order valence-electron chi connectivity index (χ3n) is 4.83. The Morgan fingerprint density at radius 1 is 1.10 bits per heavy atom. The molecule has 6 nitrogen and oxygen atoms in total. The number of aromatic hydroxyl groups is 1. The molecule has 2 aromatic carbocycles. The lowest BCUT2D eigenvalue weighted by Gasteiger charge is -2.31. The predicted octanol–water partition coefficient (Wildman–Crippen LogP) is 3.35. The Morgan fingerprint density at radius 3 is 2.45 bits per heavy atom. The Balaban J connectivity index is 1.39. The summed E-state index contributed by atoms with van der Waals surface area (Å²) in [5.74, 6) is -1.59. The Morgan fingerprint density at radius 2 is 1.79 bits per heavy atom. The largest absolute Gasteiger partial charge is 0.508 e. The van der Waals surface area contributed by atoms with Gasteiger partial charge in [-0.3, -0.25) is 4.79 Å². The van der Waals surface area contributed by atoms with Gasteiger partial charge in [0.1, 0.15) is 18.2 Å². The molecule has 0 spiro atoms. The van der Waals surface area contributed by atoms with Gasteiger partial charge in [0.2, 0.25) is 0 Å². The lowest BCUT2D eigenvalue weighted by Crippen LogP contribution is -2.46. The van der Waals surface area contributed by atoms with E-state index in [0.29, 0.717) is 31.5 Å². The highest BCUT2D eigenvalue weighted by molar-refractivity contribution is 5.98. The molecule has 3 rings (SSSR count). The van der Waals surface area contributed by atoms with Gasteiger partial charge in [-0.15, -0.1) is 0 Å². The first-order chi connectivity index (χ1) is 13.9. The van der Waals surface area contributed by atoms with Gasteiger partial charge in [-0.05, 0) is 49.2 Å². The average Bonchev–Trinajstić information content (AvgIpc) is 2.72. The molecule has 1 aliphatic rings. The summed E-state index contributed by atoms with van der Waals surface area (Å²) in [6.45, 7) is 1.12. The van der Waals surface area contributed by atoms with Crippen molar-refractivity contribution in [3.8, 4) is 11.5 Å². The molecule has 1 fully saturated rings. The summed E-state index contributed by atoms with van der Waals surface area (Å²) in [7, 11) is 0. The number of carbonyl (C=O) groups excluding carboxylic acids is 2. The van der Waals surface area contributed by atoms with Crippen molar-refractivity contribution < 1.29 is 28.2 Å². The van der Waals surface area contributed by atoms with Crippen LogP contribution < -0.4 is 10.1 Å². The van der Waals surface area contributed by atoms with Gasteiger partial charge < -0.3 is 20.1 Å². The van der Waals surface area contributed by atoms with Crippen LogP contribution in [0.4, 0.5) is 13.6 Å². The summed E-state index contributed by atoms with van der Waals surface area (Å²) in [4.78, 5) is 26.4. The Bertz CT molecular complexity index is 865. The maximum atomic E-state index is 13.5. The highest BCUT2D eigenvalue weighted by Gasteiger charge is 2.27. The molecule has 1 heterocycles. The molecule has 0 aromatic heterocycles. The number of amides is 2. The number of likely N-dealkylation sites (tertiary alicyclic amines) is 1. The fourth-order valence-corrected chi connectivity index (χ4v) is 3.23. The van der Waals surface area contributed by atoms with E-state index in [4.69, 9.17) is 4.74 Å². The van der Waals surface area contributed by atoms with Gasteiger partial charge in [-0.1, -0.05) is 0 Å². The molecule has 0 saturated carbocycles. The van der Waals surface area contributed by atoms with Gasteiger partial charge in [-0.2, -0.15) is 0 Å². The van der Waals surface area contributed by atoms with Crippen LogP contribution in [0.2, 0.25) is 0 Å². The molecule has 1 aliphatic heterocycles. The molecule has 0 radical (unpaired) electrons. The van der Waals surface area contributed by atoms with E-state index in [1.165, 1.54) is 18.2 Å². The number of nitrogens with one attached hydrogen (secondary N) is 1. The zero-order valence-electron chi connectivity index (χ0n) is 15.7. The highest BCUT2D eigenvalue weighted by Crippen LogP contribution is 2.23. The number of Topliss-reactive ketones (excluding diaryl/α,β-unsaturated/α-hetero) is 1. The average molecular weight is 404 g/mol. The van der Waals surface area contributed by atoms with E-state index in [2.05, 4.69) is 5.32 Å². The molecule has 0 unspecified atom stereocenters. The fourth-order valence-electron chi connectivity index (χ4n) is 3.23. The van der Waals surface area contributed by atoms with Crippen molar-refractivity contribution in [2.24, 2.45) is 5.92 Å². The van der Waals surface area contributed by atoms with Crippen LogP contribution in [0.15, 0.2) is 42.5 Å². The third kappa shape index (κ3) is 5.43. The van der Waals surface area contributed by atoms with Crippen molar-refractivity contribution in [3.63, 3.8) is 0 Å². The van der Waals surface area contributed by atoms with Crippen LogP contribution in [-0.2, 0) is 0 Å². The van der Waals surface area contributed by atoms with E-state index < -0.39 is 11.6 Å². The summed E-state index contributed by atoms with van der Waals surface area (Å²) in [5, 5.41) is 12.0. The van der Waals surface area contributed by atoms with Crippen LogP contribution in [0, 0.1) is 17.6 Å². The number of piperidine rings is 1. The minimum Gasteiger partial charge on any atom is -0.508 e. The van der Waals surface area contributed by atoms with E-state index in [1.807, 2.05) is 0 Å². The number of phenolic OH excluding ortho intramolecular Hbond substituents is 1. The predicted molar refractivity (Wildman–Crippen MR) is 102 cm³/mol. The molecule has 0 atom stereocenters. The minimum absolute atomic E-state index is 0.0137. The molecule has 154 valence electrons. The molecule has 2 amide bonds. The second-order valence-corrected chi connectivity index (χ2v) is 6.83. The Labute approximate surface area is 167 Å². The number of nitrogens with zero attached hydrogens (tertiary/aromatic N) is 1. The first-order valence-corrected chi connectivity index (χ1v) is 9.38. The number of hydrogen-bond donors (Lipinski definition) is 2. The molecule has 2 aromatic rings. The van der Waals surface area contributed by atoms with Crippen molar-refractivity contribution in [2.45, 2.75) is 12.8 Å². The number of rotatable bonds is 6. The lowest BCUT2D eigenvalue weighted by molar-refractivity contribution is 0.0854. The molecule has 2 N–H and O–H groups in total. The van der Waals surface area contributed by atoms with E-state index in [1.54, 1.807) is 17.0 Å². The van der Waals surface area contributed by atoms with E-state index in [-0.39, 0.29) is 42.4 Å². The van der Waals surface area contributed by atoms with Crippen molar-refractivity contribution in [3.05, 3.63) is 59.7 Å². The van der Waals surface area contributed by atoms with Crippen molar-refractivity contribution in [1.82, 2.24) is 10.2 Å². The lowest BCUT2D eigenvalue weighted by atomic mass is 9.89. The first-order valence-electron chi connectivity index (χ1n) is 9.38. The SMILES string of the molecule is O=C(c1ccc(O)cc1)C1CCN(C(=O)NCCOc2ccc(F)cc2F)CC1. The quantitative estimate of drug-likeness (QED) is 0.572. The second kappa shape index (κ2) is 9.36. The van der Waals surface area contributed by atoms with Crippen molar-refractivity contribution in [1.29, 1.82) is 0 Å². The summed E-state index contributed by atoms with van der Waals surface area (Å²) < 4.78 is 31.5. The number of urea groups is 1. The van der Waals surface area contributed by atoms with E-state index >= 15 is 0 Å². The van der Waals surface area contributed by atoms with Crippen LogP contribution in [-0.4, -0.2) is 48.1 Å². The van der Waals surface area contributed by atoms with E-state index in [0.717, 1.165) is 12.1 Å². The molecule has 1 saturated heterocycles. The summed E-state index contributed by atoms with van der Waals surface area (Å²) in [6, 6.07) is 8.91. The molecule has 0 aliphatic carbocycles. The summed E-state index contributed by atoms with van der Waals surface area (Å²) in [6.07, 6.45) is 1.12. The van der Waals surface area contributed by atoms with Gasteiger partial charge in [-0.25, -0.2) is 13.6 Å². The van der Waals surface area contributed by atoms with Crippen LogP contribution >= 0.6 is 0 Å². The van der Waals surface area contributed by atoms with Crippen molar-refractivity contribution in [2.75, 3.05) is 26.2 Å². The van der Waals surface area contributed by atoms with Crippen LogP contribution in [0.5, 0.6) is 11.5 Å². The molecular formula is C21H22F2N2O4. The maximum absolute atomic E-state index is 13.5. The van der Waals surface area contributed by atoms with Crippen LogP contribution in [0.3, 0.4) is 0 Å². The van der Waals surface area contributed by atoms with E-state index in [9.17, 15) is 23.5 Å². The molecule has 0 bridgehead atoms. The van der Waals surface area contributed by atoms with Gasteiger partial charge in [0.25, 0.3) is 0 Å². The minimum atomic E-state index is -0.795. The topological polar surface area (TPSA) is 78.9 Å². The number of ketones is 1. The maximum Gasteiger partial charge on any atom is 0.317 e. The Kier molecular flexibility index (Phi) is 6.64. The van der Waals surface area contributed by atoms with Crippen LogP contribution in [0.25, 0.3) is 0 Å². The molecule has 8 heteroatoms. The number of halogens is 2. The Hall–Kier alpha value is -3.16. The second-order valence-electron chi connectivity index (χ2n) is 6.83. The summed E-state index contributed by atoms with van der Waals surface area (Å²) >= 11 is 0. The number of carbonyl (C=O) groups is 2. The van der Waals surface area contributed by atoms with Gasteiger partial charge in [0, 0.05) is 30.6 Å². The zero-order chi connectivity index (χ0) is 20.8. The molecular weight excluding hydrogens is 382 g/mol. The zero-order valence-corrected chi connectivity index (χ0v) is 15.7. The standard InChI is InChI=1S/C21H22F2N2O4/c22-16-3-6-19(18(23)13-16)29-12-9-24-21(28)25-10-7-15(8-11-25)20(27)14-1-4-17(26)5-2-14/h1-6,13,15,26H,7-12H2,(H,24,28). The highest BCUT2D eigenvalue weighted by atomic mass is 19.1. The normalized spacial score (nSPS) is 14.5. The van der Waals surface area contributed by atoms with Gasteiger partial charge in [0.05, 0.1) is 6.54 Å². The van der Waals surface area contributed by atoms with Crippen LogP contribution in [0.1, 0.15) is 23.2 Å². The summed E-state index contributed by atoms with van der Waals surface area (Å²) in [5.41, 5.74) is 0.552.